The maximum Gasteiger partial charge on any atom is 0.325 e. The van der Waals surface area contributed by atoms with Gasteiger partial charge in [-0.1, -0.05) is 0 Å². The number of hydrogen-bond acceptors (Lipinski definition) is 4. The molecule has 3 N–H and O–H groups in total. The quantitative estimate of drug-likeness (QED) is 0.712. The van der Waals surface area contributed by atoms with Crippen molar-refractivity contribution >= 4 is 17.7 Å². The molecule has 116 valence electrons. The Morgan fingerprint density at radius 3 is 2.71 bits per heavy atom. The third-order valence-electron chi connectivity index (χ3n) is 4.00. The zero-order valence-electron chi connectivity index (χ0n) is 12.3. The minimum atomic E-state index is -0.980. The lowest BCUT2D eigenvalue weighted by molar-refractivity contribution is -0.137. The van der Waals surface area contributed by atoms with Gasteiger partial charge in [-0.3, -0.25) is 9.48 Å². The number of carboxylic acids is 1. The summed E-state index contributed by atoms with van der Waals surface area (Å²) in [5, 5.41) is 18.0. The second-order valence-electron chi connectivity index (χ2n) is 5.60. The lowest BCUT2D eigenvalue weighted by Gasteiger charge is -2.47. The van der Waals surface area contributed by atoms with Crippen LogP contribution in [0, 0.1) is 0 Å². The predicted molar refractivity (Wildman–Crippen MR) is 77.2 cm³/mol. The molecule has 0 atom stereocenters. The molecule has 0 aliphatic heterocycles. The second-order valence-corrected chi connectivity index (χ2v) is 5.60. The largest absolute Gasteiger partial charge is 0.480 e. The molecule has 8 nitrogen and oxygen atoms in total. The van der Waals surface area contributed by atoms with Crippen molar-refractivity contribution in [1.82, 2.24) is 20.0 Å². The number of likely N-dealkylation sites (N-methyl/N-ethyl adjacent to an activating group) is 1. The first-order valence-corrected chi connectivity index (χ1v) is 6.88. The van der Waals surface area contributed by atoms with Gasteiger partial charge in [0.25, 0.3) is 0 Å². The number of carbonyl (C=O) groups is 2. The van der Waals surface area contributed by atoms with Gasteiger partial charge in [0.05, 0.1) is 11.9 Å². The zero-order valence-corrected chi connectivity index (χ0v) is 12.3. The number of aromatic nitrogens is 2. The van der Waals surface area contributed by atoms with E-state index in [9.17, 15) is 9.59 Å². The summed E-state index contributed by atoms with van der Waals surface area (Å²) in [5.74, 6) is -0.980. The summed E-state index contributed by atoms with van der Waals surface area (Å²) in [6.45, 7) is 0.363. The lowest BCUT2D eigenvalue weighted by atomic mass is 9.75. The van der Waals surface area contributed by atoms with Crippen LogP contribution in [-0.2, 0) is 11.3 Å². The molecule has 2 rings (SSSR count). The molecule has 0 spiro atoms. The van der Waals surface area contributed by atoms with E-state index in [1.807, 2.05) is 14.1 Å². The van der Waals surface area contributed by atoms with E-state index in [-0.39, 0.29) is 18.1 Å². The highest BCUT2D eigenvalue weighted by Gasteiger charge is 2.39. The highest BCUT2D eigenvalue weighted by molar-refractivity contribution is 5.89. The maximum absolute atomic E-state index is 11.9. The molecular formula is C13H21N5O3. The molecule has 1 aliphatic carbocycles. The van der Waals surface area contributed by atoms with E-state index in [1.165, 1.54) is 23.5 Å². The van der Waals surface area contributed by atoms with E-state index in [0.29, 0.717) is 12.2 Å². The minimum absolute atomic E-state index is 0.0603. The predicted octanol–water partition coefficient (Wildman–Crippen LogP) is 0.573. The van der Waals surface area contributed by atoms with Crippen LogP contribution in [0.2, 0.25) is 0 Å². The van der Waals surface area contributed by atoms with Crippen LogP contribution in [0.15, 0.2) is 12.4 Å². The maximum atomic E-state index is 11.9. The molecule has 0 bridgehead atoms. The van der Waals surface area contributed by atoms with Gasteiger partial charge >= 0.3 is 12.0 Å². The van der Waals surface area contributed by atoms with E-state index in [0.717, 1.165) is 12.8 Å². The Hall–Kier alpha value is -2.09. The van der Waals surface area contributed by atoms with Gasteiger partial charge in [0.15, 0.2) is 0 Å². The average Bonchev–Trinajstić information content (AvgIpc) is 2.73. The van der Waals surface area contributed by atoms with Gasteiger partial charge in [0, 0.05) is 18.3 Å². The molecule has 1 saturated carbocycles. The summed E-state index contributed by atoms with van der Waals surface area (Å²) in [7, 11) is 4.04. The van der Waals surface area contributed by atoms with Crippen LogP contribution in [0.3, 0.4) is 0 Å². The summed E-state index contributed by atoms with van der Waals surface area (Å²) >= 11 is 0. The number of anilines is 1. The van der Waals surface area contributed by atoms with Crippen LogP contribution in [0.25, 0.3) is 0 Å². The van der Waals surface area contributed by atoms with Gasteiger partial charge in [0.2, 0.25) is 0 Å². The van der Waals surface area contributed by atoms with Gasteiger partial charge in [-0.2, -0.15) is 5.10 Å². The molecule has 8 heteroatoms. The number of nitrogens with zero attached hydrogens (tertiary/aromatic N) is 3. The Labute approximate surface area is 123 Å². The molecule has 1 fully saturated rings. The molecule has 0 aromatic carbocycles. The highest BCUT2D eigenvalue weighted by Crippen LogP contribution is 2.35. The van der Waals surface area contributed by atoms with Crippen molar-refractivity contribution < 1.29 is 14.7 Å². The van der Waals surface area contributed by atoms with E-state index in [1.54, 1.807) is 0 Å². The number of hydrogen-bond donors (Lipinski definition) is 3. The highest BCUT2D eigenvalue weighted by atomic mass is 16.4. The molecule has 1 aromatic heterocycles. The first kappa shape index (κ1) is 15.3. The van der Waals surface area contributed by atoms with Gasteiger partial charge in [-0.25, -0.2) is 4.79 Å². The lowest BCUT2D eigenvalue weighted by Crippen LogP contribution is -2.57. The normalized spacial score (nSPS) is 16.3. The van der Waals surface area contributed by atoms with Crippen LogP contribution >= 0.6 is 0 Å². The van der Waals surface area contributed by atoms with Gasteiger partial charge in [-0.05, 0) is 33.4 Å². The minimum Gasteiger partial charge on any atom is -0.480 e. The number of aliphatic carboxylic acids is 1. The summed E-state index contributed by atoms with van der Waals surface area (Å²) < 4.78 is 1.26. The van der Waals surface area contributed by atoms with Gasteiger partial charge in [0.1, 0.15) is 6.54 Å². The first-order chi connectivity index (χ1) is 9.91. The molecule has 0 unspecified atom stereocenters. The van der Waals surface area contributed by atoms with Gasteiger partial charge < -0.3 is 20.6 Å². The standard InChI is InChI=1S/C13H21N5O3/c1-17(2)13(4-3-5-13)9-14-12(21)16-10-6-15-18(7-10)8-11(19)20/h6-7H,3-5,8-9H2,1-2H3,(H,19,20)(H2,14,16,21). The number of carbonyl (C=O) groups excluding carboxylic acids is 1. The number of nitrogens with one attached hydrogen (secondary N) is 2. The molecular weight excluding hydrogens is 274 g/mol. The van der Waals surface area contributed by atoms with E-state index in [4.69, 9.17) is 5.11 Å². The van der Waals surface area contributed by atoms with Crippen LogP contribution in [-0.4, -0.2) is 58.0 Å². The number of carboxylic acid groups (broad SMARTS) is 1. The van der Waals surface area contributed by atoms with E-state index in [2.05, 4.69) is 20.6 Å². The molecule has 1 aromatic rings. The van der Waals surface area contributed by atoms with Crippen LogP contribution in [0.5, 0.6) is 0 Å². The first-order valence-electron chi connectivity index (χ1n) is 6.88. The van der Waals surface area contributed by atoms with E-state index < -0.39 is 5.97 Å². The van der Waals surface area contributed by atoms with Crippen molar-refractivity contribution in [2.75, 3.05) is 26.0 Å². The monoisotopic (exact) mass is 295 g/mol. The molecule has 0 saturated heterocycles. The van der Waals surface area contributed by atoms with Crippen molar-refractivity contribution in [3.05, 3.63) is 12.4 Å². The van der Waals surface area contributed by atoms with E-state index >= 15 is 0 Å². The SMILES string of the molecule is CN(C)C1(CNC(=O)Nc2cnn(CC(=O)O)c2)CCC1. The molecule has 1 heterocycles. The van der Waals surface area contributed by atoms with Crippen molar-refractivity contribution in [3.8, 4) is 0 Å². The topological polar surface area (TPSA) is 99.5 Å². The third kappa shape index (κ3) is 3.72. The number of rotatable bonds is 6. The Morgan fingerprint density at radius 1 is 1.48 bits per heavy atom. The Morgan fingerprint density at radius 2 is 2.19 bits per heavy atom. The number of amides is 2. The average molecular weight is 295 g/mol. The molecule has 0 radical (unpaired) electrons. The molecule has 2 amide bonds. The van der Waals surface area contributed by atoms with Crippen LogP contribution in [0.4, 0.5) is 10.5 Å². The van der Waals surface area contributed by atoms with Gasteiger partial charge in [-0.15, -0.1) is 0 Å². The summed E-state index contributed by atoms with van der Waals surface area (Å²) in [5.41, 5.74) is 0.534. The Kier molecular flexibility index (Phi) is 4.46. The van der Waals surface area contributed by atoms with Crippen molar-refractivity contribution in [2.24, 2.45) is 0 Å². The smallest absolute Gasteiger partial charge is 0.325 e. The van der Waals surface area contributed by atoms with Crippen LogP contribution in [0.1, 0.15) is 19.3 Å². The summed E-state index contributed by atoms with van der Waals surface area (Å²) in [4.78, 5) is 24.6. The van der Waals surface area contributed by atoms with Crippen molar-refractivity contribution in [2.45, 2.75) is 31.3 Å². The Bertz CT molecular complexity index is 522. The molecule has 21 heavy (non-hydrogen) atoms. The number of urea groups is 1. The fourth-order valence-electron chi connectivity index (χ4n) is 2.44. The molecule has 1 aliphatic rings. The van der Waals surface area contributed by atoms with Crippen molar-refractivity contribution in [1.29, 1.82) is 0 Å². The zero-order chi connectivity index (χ0) is 15.5. The fourth-order valence-corrected chi connectivity index (χ4v) is 2.44. The second kappa shape index (κ2) is 6.13. The summed E-state index contributed by atoms with van der Waals surface area (Å²) in [6, 6.07) is -0.307. The Balaban J connectivity index is 1.82. The van der Waals surface area contributed by atoms with Crippen LogP contribution < -0.4 is 10.6 Å². The summed E-state index contributed by atoms with van der Waals surface area (Å²) in [6.07, 6.45) is 6.25. The van der Waals surface area contributed by atoms with Crippen molar-refractivity contribution in [3.63, 3.8) is 0 Å². The third-order valence-corrected chi connectivity index (χ3v) is 4.00. The fraction of sp³-hybridized carbons (Fsp3) is 0.615.